The Morgan fingerprint density at radius 3 is 2.43 bits per heavy atom. The van der Waals surface area contributed by atoms with Crippen LogP contribution in [0.25, 0.3) is 0 Å². The molecule has 9 heteroatoms. The zero-order valence-corrected chi connectivity index (χ0v) is 21.7. The largest absolute Gasteiger partial charge is 0.340 e. The van der Waals surface area contributed by atoms with Gasteiger partial charge in [0.2, 0.25) is 5.91 Å². The summed E-state index contributed by atoms with van der Waals surface area (Å²) in [6.07, 6.45) is 1.64. The van der Waals surface area contributed by atoms with Crippen LogP contribution in [0.1, 0.15) is 44.4 Å². The molecule has 192 valence electrons. The summed E-state index contributed by atoms with van der Waals surface area (Å²) in [5.41, 5.74) is 4.14. The van der Waals surface area contributed by atoms with Crippen molar-refractivity contribution in [1.29, 1.82) is 0 Å². The highest BCUT2D eigenvalue weighted by molar-refractivity contribution is 7.10. The van der Waals surface area contributed by atoms with Crippen molar-refractivity contribution < 1.29 is 14.5 Å². The molecule has 1 fully saturated rings. The van der Waals surface area contributed by atoms with E-state index in [2.05, 4.69) is 41.5 Å². The van der Waals surface area contributed by atoms with Crippen molar-refractivity contribution in [3.8, 4) is 0 Å². The number of hydrogen-bond donors (Lipinski definition) is 0. The maximum absolute atomic E-state index is 13.5. The van der Waals surface area contributed by atoms with E-state index >= 15 is 0 Å². The number of nitro groups is 1. The summed E-state index contributed by atoms with van der Waals surface area (Å²) in [6, 6.07) is 16.4. The minimum Gasteiger partial charge on any atom is -0.340 e. The van der Waals surface area contributed by atoms with Gasteiger partial charge in [0.25, 0.3) is 11.6 Å². The second-order valence-corrected chi connectivity index (χ2v) is 10.6. The first-order valence-corrected chi connectivity index (χ1v) is 13.5. The van der Waals surface area contributed by atoms with Crippen LogP contribution in [0.15, 0.2) is 60.0 Å². The Balaban J connectivity index is 1.26. The summed E-state index contributed by atoms with van der Waals surface area (Å²) in [6.45, 7) is 5.37. The molecular formula is C28H30N4O4S. The topological polar surface area (TPSA) is 87.0 Å². The Morgan fingerprint density at radius 2 is 1.68 bits per heavy atom. The molecule has 0 bridgehead atoms. The number of benzene rings is 2. The zero-order valence-electron chi connectivity index (χ0n) is 20.8. The van der Waals surface area contributed by atoms with E-state index < -0.39 is 4.92 Å². The summed E-state index contributed by atoms with van der Waals surface area (Å²) >= 11 is 1.79. The van der Waals surface area contributed by atoms with E-state index in [1.54, 1.807) is 16.2 Å². The third-order valence-electron chi connectivity index (χ3n) is 7.35. The second kappa shape index (κ2) is 10.8. The molecule has 3 aromatic rings. The van der Waals surface area contributed by atoms with E-state index in [0.29, 0.717) is 44.7 Å². The van der Waals surface area contributed by atoms with Crippen LogP contribution in [0.2, 0.25) is 0 Å². The molecule has 2 aliphatic heterocycles. The maximum Gasteiger partial charge on any atom is 0.269 e. The first kappa shape index (κ1) is 25.1. The molecule has 0 radical (unpaired) electrons. The Hall–Kier alpha value is -3.56. The van der Waals surface area contributed by atoms with Crippen molar-refractivity contribution >= 4 is 28.8 Å². The average molecular weight is 519 g/mol. The lowest BCUT2D eigenvalue weighted by molar-refractivity contribution is -0.384. The summed E-state index contributed by atoms with van der Waals surface area (Å²) in [4.78, 5) is 44.2. The predicted octanol–water partition coefficient (Wildman–Crippen LogP) is 4.29. The summed E-state index contributed by atoms with van der Waals surface area (Å²) < 4.78 is 0. The number of carbonyl (C=O) groups excluding carboxylic acids is 2. The Bertz CT molecular complexity index is 1310. The number of nitrogens with zero attached hydrogens (tertiary/aromatic N) is 4. The molecule has 37 heavy (non-hydrogen) atoms. The van der Waals surface area contributed by atoms with E-state index in [0.717, 1.165) is 13.0 Å². The molecule has 1 atom stereocenters. The Labute approximate surface area is 220 Å². The van der Waals surface area contributed by atoms with Gasteiger partial charge in [-0.1, -0.05) is 24.3 Å². The van der Waals surface area contributed by atoms with Gasteiger partial charge in [-0.2, -0.15) is 0 Å². The van der Waals surface area contributed by atoms with Crippen molar-refractivity contribution in [1.82, 2.24) is 14.7 Å². The highest BCUT2D eigenvalue weighted by atomic mass is 32.1. The highest BCUT2D eigenvalue weighted by Gasteiger charge is 2.33. The standard InChI is InChI=1S/C28H30N4O4S/c1-20-5-2-3-6-23(20)27-24-12-18-37-25(24)11-15-31(27)19-26(33)29-13-4-14-30(17-16-29)28(34)21-7-9-22(10-8-21)32(35)36/h2-3,5-10,12,18,27H,4,11,13-17,19H2,1H3. The van der Waals surface area contributed by atoms with Gasteiger partial charge in [-0.25, -0.2) is 0 Å². The lowest BCUT2D eigenvalue weighted by atomic mass is 9.90. The van der Waals surface area contributed by atoms with Crippen molar-refractivity contribution in [3.05, 3.63) is 97.2 Å². The van der Waals surface area contributed by atoms with Crippen LogP contribution in [-0.2, 0) is 11.2 Å². The van der Waals surface area contributed by atoms with Crippen LogP contribution in [0.4, 0.5) is 5.69 Å². The fourth-order valence-electron chi connectivity index (χ4n) is 5.35. The van der Waals surface area contributed by atoms with Crippen LogP contribution in [0.3, 0.4) is 0 Å². The SMILES string of the molecule is Cc1ccccc1C1c2ccsc2CCN1CC(=O)N1CCCN(C(=O)c2ccc([N+](=O)[O-])cc2)CC1. The van der Waals surface area contributed by atoms with Crippen LogP contribution < -0.4 is 0 Å². The first-order valence-electron chi connectivity index (χ1n) is 12.6. The van der Waals surface area contributed by atoms with Crippen LogP contribution in [-0.4, -0.2) is 70.7 Å². The highest BCUT2D eigenvalue weighted by Crippen LogP contribution is 2.38. The molecule has 2 aliphatic rings. The molecule has 1 unspecified atom stereocenters. The van der Waals surface area contributed by atoms with Gasteiger partial charge < -0.3 is 9.80 Å². The quantitative estimate of drug-likeness (QED) is 0.372. The van der Waals surface area contributed by atoms with E-state index in [4.69, 9.17) is 0 Å². The number of non-ortho nitro benzene ring substituents is 1. The summed E-state index contributed by atoms with van der Waals surface area (Å²) in [5, 5.41) is 13.1. The molecule has 0 spiro atoms. The average Bonchev–Trinajstić information content (AvgIpc) is 3.24. The predicted molar refractivity (Wildman–Crippen MR) is 143 cm³/mol. The molecule has 0 saturated carbocycles. The summed E-state index contributed by atoms with van der Waals surface area (Å²) in [7, 11) is 0. The van der Waals surface area contributed by atoms with E-state index in [1.165, 1.54) is 45.8 Å². The molecule has 0 aliphatic carbocycles. The van der Waals surface area contributed by atoms with Crippen molar-refractivity contribution in [2.24, 2.45) is 0 Å². The van der Waals surface area contributed by atoms with Gasteiger partial charge in [0, 0.05) is 55.3 Å². The monoisotopic (exact) mass is 518 g/mol. The lowest BCUT2D eigenvalue weighted by Crippen LogP contribution is -2.45. The number of amides is 2. The second-order valence-electron chi connectivity index (χ2n) is 9.61. The van der Waals surface area contributed by atoms with Crippen LogP contribution in [0.5, 0.6) is 0 Å². The van der Waals surface area contributed by atoms with Crippen molar-refractivity contribution in [3.63, 3.8) is 0 Å². The smallest absolute Gasteiger partial charge is 0.269 e. The van der Waals surface area contributed by atoms with E-state index in [9.17, 15) is 19.7 Å². The third-order valence-corrected chi connectivity index (χ3v) is 8.34. The Morgan fingerprint density at radius 1 is 0.946 bits per heavy atom. The number of carbonyl (C=O) groups is 2. The number of hydrogen-bond acceptors (Lipinski definition) is 6. The molecule has 0 N–H and O–H groups in total. The van der Waals surface area contributed by atoms with E-state index in [-0.39, 0.29) is 23.5 Å². The normalized spacial score (nSPS) is 18.2. The number of aryl methyl sites for hydroxylation is 1. The van der Waals surface area contributed by atoms with Gasteiger partial charge in [0.1, 0.15) is 0 Å². The van der Waals surface area contributed by atoms with Gasteiger partial charge in [0.15, 0.2) is 0 Å². The number of nitro benzene ring substituents is 1. The van der Waals surface area contributed by atoms with Gasteiger partial charge >= 0.3 is 0 Å². The van der Waals surface area contributed by atoms with Crippen LogP contribution in [0, 0.1) is 17.0 Å². The Kier molecular flexibility index (Phi) is 7.34. The fraction of sp³-hybridized carbons (Fsp3) is 0.357. The molecule has 3 heterocycles. The molecule has 2 amide bonds. The number of thiophene rings is 1. The molecule has 1 aromatic heterocycles. The van der Waals surface area contributed by atoms with Gasteiger partial charge in [-0.05, 0) is 60.0 Å². The molecule has 8 nitrogen and oxygen atoms in total. The van der Waals surface area contributed by atoms with Crippen molar-refractivity contribution in [2.75, 3.05) is 39.3 Å². The van der Waals surface area contributed by atoms with Gasteiger partial charge in [-0.15, -0.1) is 11.3 Å². The van der Waals surface area contributed by atoms with E-state index in [1.807, 2.05) is 11.0 Å². The van der Waals surface area contributed by atoms with Gasteiger partial charge in [0.05, 0.1) is 17.5 Å². The fourth-order valence-corrected chi connectivity index (χ4v) is 6.25. The molecule has 2 aromatic carbocycles. The van der Waals surface area contributed by atoms with Crippen LogP contribution >= 0.6 is 11.3 Å². The third kappa shape index (κ3) is 5.28. The molecular weight excluding hydrogens is 488 g/mol. The lowest BCUT2D eigenvalue weighted by Gasteiger charge is -2.37. The number of fused-ring (bicyclic) bond motifs is 1. The first-order chi connectivity index (χ1) is 17.9. The molecule has 1 saturated heterocycles. The number of rotatable bonds is 5. The minimum absolute atomic E-state index is 0.0412. The van der Waals surface area contributed by atoms with Crippen molar-refractivity contribution in [2.45, 2.75) is 25.8 Å². The zero-order chi connectivity index (χ0) is 25.9. The maximum atomic E-state index is 13.5. The summed E-state index contributed by atoms with van der Waals surface area (Å²) in [5.74, 6) is -0.0771. The minimum atomic E-state index is -0.477. The molecule has 5 rings (SSSR count). The van der Waals surface area contributed by atoms with Gasteiger partial charge in [-0.3, -0.25) is 24.6 Å².